The van der Waals surface area contributed by atoms with E-state index in [9.17, 15) is 9.18 Å². The average Bonchev–Trinajstić information content (AvgIpc) is 3.29. The van der Waals surface area contributed by atoms with E-state index in [1.165, 1.54) is 12.1 Å². The van der Waals surface area contributed by atoms with Crippen molar-refractivity contribution < 1.29 is 18.3 Å². The minimum atomic E-state index is -0.357. The van der Waals surface area contributed by atoms with Gasteiger partial charge >= 0.3 is 0 Å². The van der Waals surface area contributed by atoms with Crippen molar-refractivity contribution in [1.29, 1.82) is 0 Å². The van der Waals surface area contributed by atoms with E-state index in [0.717, 1.165) is 19.3 Å². The first kappa shape index (κ1) is 14.5. The first-order valence-corrected chi connectivity index (χ1v) is 7.95. The number of furan rings is 1. The Hall–Kier alpha value is -2.14. The highest BCUT2D eigenvalue weighted by atomic mass is 19.1. The number of halogens is 1. The third kappa shape index (κ3) is 2.77. The lowest BCUT2D eigenvalue weighted by molar-refractivity contribution is -0.124. The molecule has 0 aliphatic carbocycles. The molecule has 4 nitrogen and oxygen atoms in total. The van der Waals surface area contributed by atoms with Crippen LogP contribution >= 0.6 is 0 Å². The fourth-order valence-corrected chi connectivity index (χ4v) is 3.60. The van der Waals surface area contributed by atoms with Gasteiger partial charge in [0.1, 0.15) is 11.6 Å². The third-order valence-corrected chi connectivity index (χ3v) is 4.70. The van der Waals surface area contributed by atoms with Crippen LogP contribution in [0, 0.1) is 11.7 Å². The third-order valence-electron chi connectivity index (χ3n) is 4.70. The Kier molecular flexibility index (Phi) is 3.65. The summed E-state index contributed by atoms with van der Waals surface area (Å²) in [6.07, 6.45) is 4.50. The molecule has 1 aromatic heterocycles. The number of nitrogens with zero attached hydrogens (tertiary/aromatic N) is 1. The highest BCUT2D eigenvalue weighted by molar-refractivity contribution is 5.95. The molecule has 1 amide bonds. The van der Waals surface area contributed by atoms with Gasteiger partial charge in [0, 0.05) is 5.69 Å². The highest BCUT2D eigenvalue weighted by Gasteiger charge is 2.46. The minimum Gasteiger partial charge on any atom is -0.467 e. The number of rotatable bonds is 4. The number of hydrogen-bond acceptors (Lipinski definition) is 3. The van der Waals surface area contributed by atoms with Gasteiger partial charge in [0.15, 0.2) is 0 Å². The zero-order valence-corrected chi connectivity index (χ0v) is 12.7. The summed E-state index contributed by atoms with van der Waals surface area (Å²) in [6.45, 7) is 0.295. The van der Waals surface area contributed by atoms with Gasteiger partial charge in [-0.2, -0.15) is 0 Å². The predicted octanol–water partition coefficient (Wildman–Crippen LogP) is 3.52. The molecule has 0 spiro atoms. The van der Waals surface area contributed by atoms with Gasteiger partial charge in [0.05, 0.1) is 30.9 Å². The molecule has 3 atom stereocenters. The molecule has 0 unspecified atom stereocenters. The second kappa shape index (κ2) is 5.81. The van der Waals surface area contributed by atoms with Crippen molar-refractivity contribution in [3.05, 3.63) is 54.2 Å². The SMILES string of the molecule is O=C([C@H]1C[C@H]2CC[C@H]1O2)N(Cc1ccco1)c1cccc(F)c1. The van der Waals surface area contributed by atoms with E-state index < -0.39 is 0 Å². The van der Waals surface area contributed by atoms with Crippen molar-refractivity contribution in [3.63, 3.8) is 0 Å². The van der Waals surface area contributed by atoms with E-state index in [1.807, 2.05) is 6.07 Å². The number of benzene rings is 1. The zero-order chi connectivity index (χ0) is 15.8. The van der Waals surface area contributed by atoms with Gasteiger partial charge in [-0.05, 0) is 49.6 Å². The maximum absolute atomic E-state index is 13.6. The van der Waals surface area contributed by atoms with Crippen molar-refractivity contribution in [1.82, 2.24) is 0 Å². The van der Waals surface area contributed by atoms with Gasteiger partial charge in [-0.3, -0.25) is 4.79 Å². The molecule has 120 valence electrons. The number of fused-ring (bicyclic) bond motifs is 2. The van der Waals surface area contributed by atoms with Crippen LogP contribution in [0.1, 0.15) is 25.0 Å². The van der Waals surface area contributed by atoms with E-state index >= 15 is 0 Å². The number of hydrogen-bond donors (Lipinski definition) is 0. The summed E-state index contributed by atoms with van der Waals surface area (Å²) in [5, 5.41) is 0. The van der Waals surface area contributed by atoms with Crippen molar-refractivity contribution in [3.8, 4) is 0 Å². The average molecular weight is 315 g/mol. The first-order valence-electron chi connectivity index (χ1n) is 7.95. The Labute approximate surface area is 133 Å². The molecule has 2 aliphatic rings. The smallest absolute Gasteiger partial charge is 0.233 e. The lowest BCUT2D eigenvalue weighted by Crippen LogP contribution is -2.39. The van der Waals surface area contributed by atoms with Gasteiger partial charge < -0.3 is 14.1 Å². The number of carbonyl (C=O) groups excluding carboxylic acids is 1. The van der Waals surface area contributed by atoms with E-state index in [4.69, 9.17) is 9.15 Å². The molecule has 23 heavy (non-hydrogen) atoms. The molecule has 1 aromatic carbocycles. The van der Waals surface area contributed by atoms with Crippen LogP contribution in [-0.2, 0) is 16.1 Å². The summed E-state index contributed by atoms with van der Waals surface area (Å²) in [5.74, 6) is 0.154. The lowest BCUT2D eigenvalue weighted by Gasteiger charge is -2.27. The predicted molar refractivity (Wildman–Crippen MR) is 82.3 cm³/mol. The number of anilines is 1. The van der Waals surface area contributed by atoms with E-state index in [1.54, 1.807) is 29.4 Å². The zero-order valence-electron chi connectivity index (χ0n) is 12.7. The van der Waals surface area contributed by atoms with Gasteiger partial charge in [-0.1, -0.05) is 6.07 Å². The van der Waals surface area contributed by atoms with E-state index in [-0.39, 0.29) is 29.9 Å². The van der Waals surface area contributed by atoms with Gasteiger partial charge in [0.2, 0.25) is 5.91 Å². The second-order valence-electron chi connectivity index (χ2n) is 6.20. The summed E-state index contributed by atoms with van der Waals surface area (Å²) in [6, 6.07) is 9.72. The van der Waals surface area contributed by atoms with Crippen LogP contribution in [0.2, 0.25) is 0 Å². The number of carbonyl (C=O) groups is 1. The Balaban J connectivity index is 1.63. The number of amides is 1. The highest BCUT2D eigenvalue weighted by Crippen LogP contribution is 2.40. The second-order valence-corrected chi connectivity index (χ2v) is 6.20. The fraction of sp³-hybridized carbons (Fsp3) is 0.389. The van der Waals surface area contributed by atoms with E-state index in [2.05, 4.69) is 0 Å². The quantitative estimate of drug-likeness (QED) is 0.867. The van der Waals surface area contributed by atoms with Crippen molar-refractivity contribution in [2.45, 2.75) is 38.0 Å². The van der Waals surface area contributed by atoms with Crippen LogP contribution in [0.5, 0.6) is 0 Å². The Morgan fingerprint density at radius 3 is 2.83 bits per heavy atom. The summed E-state index contributed by atoms with van der Waals surface area (Å²) < 4.78 is 24.8. The van der Waals surface area contributed by atoms with Crippen LogP contribution in [0.25, 0.3) is 0 Å². The van der Waals surface area contributed by atoms with E-state index in [0.29, 0.717) is 18.0 Å². The monoisotopic (exact) mass is 315 g/mol. The maximum Gasteiger partial charge on any atom is 0.233 e. The molecule has 0 N–H and O–H groups in total. The van der Waals surface area contributed by atoms with Gasteiger partial charge in [-0.15, -0.1) is 0 Å². The molecule has 3 heterocycles. The molecule has 2 aromatic rings. The van der Waals surface area contributed by atoms with Crippen molar-refractivity contribution in [2.24, 2.45) is 5.92 Å². The lowest BCUT2D eigenvalue weighted by atomic mass is 9.88. The maximum atomic E-state index is 13.6. The van der Waals surface area contributed by atoms with Crippen LogP contribution in [-0.4, -0.2) is 18.1 Å². The van der Waals surface area contributed by atoms with Crippen molar-refractivity contribution in [2.75, 3.05) is 4.90 Å². The Morgan fingerprint density at radius 2 is 2.17 bits per heavy atom. The summed E-state index contributed by atoms with van der Waals surface area (Å²) in [5.41, 5.74) is 0.550. The van der Waals surface area contributed by atoms with Crippen LogP contribution in [0.15, 0.2) is 47.1 Å². The standard InChI is InChI=1S/C18H18FNO3/c19-12-3-1-4-13(9-12)20(11-15-5-2-8-22-15)18(21)16-10-14-6-7-17(16)23-14/h1-5,8-9,14,16-17H,6-7,10-11H2/t14-,16+,17-/m1/s1. The molecule has 5 heteroatoms. The van der Waals surface area contributed by atoms with Crippen LogP contribution in [0.3, 0.4) is 0 Å². The largest absolute Gasteiger partial charge is 0.467 e. The van der Waals surface area contributed by atoms with Crippen molar-refractivity contribution >= 4 is 11.6 Å². The summed E-state index contributed by atoms with van der Waals surface area (Å²) in [4.78, 5) is 14.7. The molecular formula is C18H18FNO3. The molecule has 0 radical (unpaired) electrons. The topological polar surface area (TPSA) is 42.7 Å². The molecule has 2 saturated heterocycles. The molecule has 2 aliphatic heterocycles. The molecule has 2 fully saturated rings. The first-order chi connectivity index (χ1) is 11.2. The van der Waals surface area contributed by atoms with Crippen LogP contribution in [0.4, 0.5) is 10.1 Å². The Bertz CT molecular complexity index is 700. The number of ether oxygens (including phenoxy) is 1. The van der Waals surface area contributed by atoms with Gasteiger partial charge in [-0.25, -0.2) is 4.39 Å². The van der Waals surface area contributed by atoms with Crippen LogP contribution < -0.4 is 4.90 Å². The molecule has 4 rings (SSSR count). The molecule has 0 saturated carbocycles. The molecule has 2 bridgehead atoms. The normalized spacial score (nSPS) is 25.7. The summed E-state index contributed by atoms with van der Waals surface area (Å²) in [7, 11) is 0. The minimum absolute atomic E-state index is 0.000148. The Morgan fingerprint density at radius 1 is 1.26 bits per heavy atom. The van der Waals surface area contributed by atoms with Gasteiger partial charge in [0.25, 0.3) is 0 Å². The molecular weight excluding hydrogens is 297 g/mol. The fourth-order valence-electron chi connectivity index (χ4n) is 3.60. The summed E-state index contributed by atoms with van der Waals surface area (Å²) >= 11 is 0.